The van der Waals surface area contributed by atoms with Crippen LogP contribution in [0.3, 0.4) is 0 Å². The number of fused-ring (bicyclic) bond motifs is 1. The lowest BCUT2D eigenvalue weighted by atomic mass is 10.1. The van der Waals surface area contributed by atoms with Crippen LogP contribution < -0.4 is 10.1 Å². The van der Waals surface area contributed by atoms with Crippen molar-refractivity contribution in [2.45, 2.75) is 12.5 Å². The molecule has 4 rings (SSSR count). The first kappa shape index (κ1) is 16.5. The maximum Gasteiger partial charge on any atom is 0.244 e. The van der Waals surface area contributed by atoms with E-state index in [2.05, 4.69) is 21.4 Å². The zero-order chi connectivity index (χ0) is 17.8. The van der Waals surface area contributed by atoms with Crippen molar-refractivity contribution in [1.29, 1.82) is 0 Å². The van der Waals surface area contributed by atoms with E-state index < -0.39 is 0 Å². The van der Waals surface area contributed by atoms with E-state index in [0.29, 0.717) is 6.54 Å². The Bertz CT molecular complexity index is 923. The van der Waals surface area contributed by atoms with E-state index in [9.17, 15) is 4.79 Å². The van der Waals surface area contributed by atoms with Crippen LogP contribution in [0.15, 0.2) is 60.4 Å². The number of ether oxygens (including phenoxy) is 1. The van der Waals surface area contributed by atoms with Gasteiger partial charge in [-0.05, 0) is 35.4 Å². The maximum absolute atomic E-state index is 12.0. The van der Waals surface area contributed by atoms with E-state index in [4.69, 9.17) is 4.74 Å². The molecule has 0 saturated carbocycles. The van der Waals surface area contributed by atoms with Crippen LogP contribution in [0.25, 0.3) is 16.6 Å². The van der Waals surface area contributed by atoms with Crippen LogP contribution in [-0.4, -0.2) is 28.5 Å². The standard InChI is InChI=1S/C20H17N3O2S/c24-18(5-4-14-6-8-21-9-7-14)23-13-16-12-15-2-1-3-17(19(15)25-16)20-22-10-11-26-20/h1-11,16H,12-13H2,(H,23,24)/b5-4+/t16-/m1/s1. The minimum absolute atomic E-state index is 0.0654. The average molecular weight is 363 g/mol. The Labute approximate surface area is 155 Å². The molecule has 130 valence electrons. The minimum atomic E-state index is -0.137. The molecule has 1 N–H and O–H groups in total. The number of rotatable bonds is 5. The second kappa shape index (κ2) is 7.49. The second-order valence-electron chi connectivity index (χ2n) is 5.93. The number of nitrogens with zero attached hydrogens (tertiary/aromatic N) is 2. The fraction of sp³-hybridized carbons (Fsp3) is 0.150. The Kier molecular flexibility index (Phi) is 4.75. The maximum atomic E-state index is 12.0. The summed E-state index contributed by atoms with van der Waals surface area (Å²) in [6.07, 6.45) is 9.19. The lowest BCUT2D eigenvalue weighted by Gasteiger charge is -2.12. The topological polar surface area (TPSA) is 64.1 Å². The lowest BCUT2D eigenvalue weighted by molar-refractivity contribution is -0.116. The highest BCUT2D eigenvalue weighted by Crippen LogP contribution is 2.39. The van der Waals surface area contributed by atoms with E-state index in [1.807, 2.05) is 29.6 Å². The van der Waals surface area contributed by atoms with Gasteiger partial charge in [-0.25, -0.2) is 4.98 Å². The van der Waals surface area contributed by atoms with Gasteiger partial charge < -0.3 is 10.1 Å². The normalized spacial score (nSPS) is 15.6. The van der Waals surface area contributed by atoms with Crippen LogP contribution in [0.5, 0.6) is 5.75 Å². The largest absolute Gasteiger partial charge is 0.487 e. The summed E-state index contributed by atoms with van der Waals surface area (Å²) in [5.41, 5.74) is 3.11. The summed E-state index contributed by atoms with van der Waals surface area (Å²) in [6.45, 7) is 0.464. The Hall–Kier alpha value is -2.99. The van der Waals surface area contributed by atoms with Gasteiger partial charge in [0.15, 0.2) is 0 Å². The van der Waals surface area contributed by atoms with Crippen LogP contribution in [0, 0.1) is 0 Å². The highest BCUT2D eigenvalue weighted by atomic mass is 32.1. The van der Waals surface area contributed by atoms with Crippen LogP contribution in [0.4, 0.5) is 0 Å². The third-order valence-electron chi connectivity index (χ3n) is 4.13. The Morgan fingerprint density at radius 3 is 2.96 bits per heavy atom. The van der Waals surface area contributed by atoms with Crippen molar-refractivity contribution >= 4 is 23.3 Å². The van der Waals surface area contributed by atoms with Crippen molar-refractivity contribution in [3.63, 3.8) is 0 Å². The monoisotopic (exact) mass is 363 g/mol. The van der Waals surface area contributed by atoms with Crippen molar-refractivity contribution in [2.24, 2.45) is 0 Å². The van der Waals surface area contributed by atoms with Crippen LogP contribution >= 0.6 is 11.3 Å². The molecular weight excluding hydrogens is 346 g/mol. The fourth-order valence-corrected chi connectivity index (χ4v) is 3.56. The van der Waals surface area contributed by atoms with Crippen molar-refractivity contribution in [3.8, 4) is 16.3 Å². The summed E-state index contributed by atoms with van der Waals surface area (Å²) in [5.74, 6) is 0.746. The molecule has 1 aliphatic rings. The first-order valence-electron chi connectivity index (χ1n) is 8.34. The first-order valence-corrected chi connectivity index (χ1v) is 9.22. The van der Waals surface area contributed by atoms with Gasteiger partial charge in [0, 0.05) is 36.5 Å². The minimum Gasteiger partial charge on any atom is -0.487 e. The molecule has 0 fully saturated rings. The van der Waals surface area contributed by atoms with Crippen molar-refractivity contribution in [3.05, 3.63) is 71.5 Å². The molecule has 1 aromatic carbocycles. The van der Waals surface area contributed by atoms with Crippen molar-refractivity contribution in [2.75, 3.05) is 6.54 Å². The molecular formula is C20H17N3O2S. The molecule has 0 spiro atoms. The van der Waals surface area contributed by atoms with Crippen LogP contribution in [0.1, 0.15) is 11.1 Å². The molecule has 3 heterocycles. The molecule has 1 amide bonds. The zero-order valence-corrected chi connectivity index (χ0v) is 14.8. The summed E-state index contributed by atoms with van der Waals surface area (Å²) < 4.78 is 6.09. The summed E-state index contributed by atoms with van der Waals surface area (Å²) in [6, 6.07) is 9.81. The molecule has 5 nitrogen and oxygen atoms in total. The predicted molar refractivity (Wildman–Crippen MR) is 102 cm³/mol. The van der Waals surface area contributed by atoms with Gasteiger partial charge >= 0.3 is 0 Å². The van der Waals surface area contributed by atoms with Gasteiger partial charge in [0.25, 0.3) is 0 Å². The first-order chi connectivity index (χ1) is 12.8. The molecule has 1 atom stereocenters. The number of amides is 1. The van der Waals surface area contributed by atoms with Gasteiger partial charge in [-0.15, -0.1) is 11.3 Å². The van der Waals surface area contributed by atoms with E-state index >= 15 is 0 Å². The number of hydrogen-bond acceptors (Lipinski definition) is 5. The molecule has 0 aliphatic carbocycles. The summed E-state index contributed by atoms with van der Waals surface area (Å²) in [4.78, 5) is 20.3. The third kappa shape index (κ3) is 3.65. The number of benzene rings is 1. The molecule has 6 heteroatoms. The van der Waals surface area contributed by atoms with Crippen LogP contribution in [0.2, 0.25) is 0 Å². The Balaban J connectivity index is 1.36. The number of carbonyl (C=O) groups excluding carboxylic acids is 1. The van der Waals surface area contributed by atoms with E-state index in [0.717, 1.165) is 33.9 Å². The molecule has 26 heavy (non-hydrogen) atoms. The summed E-state index contributed by atoms with van der Waals surface area (Å²) in [7, 11) is 0. The molecule has 1 aliphatic heterocycles. The number of hydrogen-bond donors (Lipinski definition) is 1. The van der Waals surface area contributed by atoms with Gasteiger partial charge in [-0.1, -0.05) is 12.1 Å². The van der Waals surface area contributed by atoms with Gasteiger partial charge in [0.05, 0.1) is 12.1 Å². The quantitative estimate of drug-likeness (QED) is 0.706. The fourth-order valence-electron chi connectivity index (χ4n) is 2.90. The molecule has 0 bridgehead atoms. The number of carbonyl (C=O) groups is 1. The Morgan fingerprint density at radius 1 is 1.27 bits per heavy atom. The SMILES string of the molecule is O=C(/C=C/c1ccncc1)NC[C@H]1Cc2cccc(-c3nccs3)c2O1. The van der Waals surface area contributed by atoms with E-state index in [-0.39, 0.29) is 12.0 Å². The van der Waals surface area contributed by atoms with Crippen LogP contribution in [-0.2, 0) is 11.2 Å². The average Bonchev–Trinajstić information content (AvgIpc) is 3.34. The highest BCUT2D eigenvalue weighted by Gasteiger charge is 2.26. The number of thiazole rings is 1. The smallest absolute Gasteiger partial charge is 0.244 e. The van der Waals surface area contributed by atoms with Crippen molar-refractivity contribution in [1.82, 2.24) is 15.3 Å². The molecule has 0 unspecified atom stereocenters. The number of aromatic nitrogens is 2. The lowest BCUT2D eigenvalue weighted by Crippen LogP contribution is -2.33. The Morgan fingerprint density at radius 2 is 2.15 bits per heavy atom. The van der Waals surface area contributed by atoms with Gasteiger partial charge in [0.1, 0.15) is 16.9 Å². The van der Waals surface area contributed by atoms with Gasteiger partial charge in [-0.3, -0.25) is 9.78 Å². The number of nitrogens with one attached hydrogen (secondary N) is 1. The second-order valence-corrected chi connectivity index (χ2v) is 6.83. The van der Waals surface area contributed by atoms with Gasteiger partial charge in [0.2, 0.25) is 5.91 Å². The van der Waals surface area contributed by atoms with Gasteiger partial charge in [-0.2, -0.15) is 0 Å². The van der Waals surface area contributed by atoms with Crippen molar-refractivity contribution < 1.29 is 9.53 Å². The molecule has 3 aromatic rings. The third-order valence-corrected chi connectivity index (χ3v) is 4.94. The molecule has 0 saturated heterocycles. The molecule has 0 radical (unpaired) electrons. The zero-order valence-electron chi connectivity index (χ0n) is 14.0. The van der Waals surface area contributed by atoms with E-state index in [1.165, 1.54) is 6.08 Å². The molecule has 2 aromatic heterocycles. The van der Waals surface area contributed by atoms with E-state index in [1.54, 1.807) is 36.0 Å². The number of pyridine rings is 1. The summed E-state index contributed by atoms with van der Waals surface area (Å²) >= 11 is 1.59. The summed E-state index contributed by atoms with van der Waals surface area (Å²) in [5, 5.41) is 5.81. The predicted octanol–water partition coefficient (Wildman–Crippen LogP) is 3.34. The highest BCUT2D eigenvalue weighted by molar-refractivity contribution is 7.13. The number of para-hydroxylation sites is 1.